The van der Waals surface area contributed by atoms with Crippen molar-refractivity contribution in [3.8, 4) is 0 Å². The first-order chi connectivity index (χ1) is 10.6. The summed E-state index contributed by atoms with van der Waals surface area (Å²) in [5.74, 6) is -0.0861. The molecule has 0 bridgehead atoms. The minimum Gasteiger partial charge on any atom is -0.393 e. The maximum Gasteiger partial charge on any atom is 0.313 e. The van der Waals surface area contributed by atoms with E-state index in [1.165, 1.54) is 10.5 Å². The van der Waals surface area contributed by atoms with Crippen molar-refractivity contribution in [2.75, 3.05) is 30.4 Å². The van der Waals surface area contributed by atoms with E-state index in [1.54, 1.807) is 11.8 Å². The molecule has 1 aliphatic heterocycles. The number of thioether (sulfide) groups is 1. The van der Waals surface area contributed by atoms with Gasteiger partial charge >= 0.3 is 11.8 Å². The number of nitrogens with one attached hydrogen (secondary N) is 1. The highest BCUT2D eigenvalue weighted by atomic mass is 32.2. The van der Waals surface area contributed by atoms with E-state index in [0.717, 1.165) is 12.2 Å². The van der Waals surface area contributed by atoms with Gasteiger partial charge in [0.25, 0.3) is 0 Å². The number of rotatable bonds is 4. The minimum atomic E-state index is -0.617. The van der Waals surface area contributed by atoms with Crippen molar-refractivity contribution in [2.45, 2.75) is 25.4 Å². The van der Waals surface area contributed by atoms with Gasteiger partial charge in [0.1, 0.15) is 0 Å². The van der Waals surface area contributed by atoms with Crippen molar-refractivity contribution in [1.29, 1.82) is 0 Å². The van der Waals surface area contributed by atoms with Gasteiger partial charge in [0.05, 0.1) is 6.10 Å². The number of aryl methyl sites for hydroxylation is 1. The predicted octanol–water partition coefficient (Wildman–Crippen LogP) is 1.51. The lowest BCUT2D eigenvalue weighted by atomic mass is 10.1. The van der Waals surface area contributed by atoms with E-state index in [1.807, 2.05) is 24.3 Å². The second-order valence-electron chi connectivity index (χ2n) is 5.42. The number of piperidine rings is 1. The van der Waals surface area contributed by atoms with Gasteiger partial charge in [-0.15, -0.1) is 0 Å². The molecule has 22 heavy (non-hydrogen) atoms. The van der Waals surface area contributed by atoms with Crippen LogP contribution in [0.1, 0.15) is 18.4 Å². The van der Waals surface area contributed by atoms with Gasteiger partial charge in [0, 0.05) is 18.8 Å². The molecule has 5 nitrogen and oxygen atoms in total. The van der Waals surface area contributed by atoms with Crippen LogP contribution in [0, 0.1) is 0 Å². The Morgan fingerprint density at radius 2 is 1.91 bits per heavy atom. The number of amides is 2. The number of nitrogens with zero attached hydrogens (tertiary/aromatic N) is 1. The first-order valence-electron chi connectivity index (χ1n) is 7.46. The average Bonchev–Trinajstić information content (AvgIpc) is 2.54. The quantitative estimate of drug-likeness (QED) is 0.825. The molecule has 1 aromatic rings. The molecule has 0 radical (unpaired) electrons. The lowest BCUT2D eigenvalue weighted by molar-refractivity contribution is -0.144. The minimum absolute atomic E-state index is 0.360. The van der Waals surface area contributed by atoms with Gasteiger partial charge in [-0.05, 0) is 49.0 Å². The molecule has 0 unspecified atom stereocenters. The summed E-state index contributed by atoms with van der Waals surface area (Å²) in [5, 5.41) is 12.1. The molecule has 2 N–H and O–H groups in total. The number of carbonyl (C=O) groups is 2. The van der Waals surface area contributed by atoms with Gasteiger partial charge in [-0.3, -0.25) is 9.59 Å². The zero-order chi connectivity index (χ0) is 15.9. The van der Waals surface area contributed by atoms with Crippen molar-refractivity contribution in [3.05, 3.63) is 29.8 Å². The molecule has 0 aromatic heterocycles. The molecule has 120 valence electrons. The van der Waals surface area contributed by atoms with Crippen LogP contribution >= 0.6 is 11.8 Å². The average molecular weight is 322 g/mol. The summed E-state index contributed by atoms with van der Waals surface area (Å²) < 4.78 is 0. The summed E-state index contributed by atoms with van der Waals surface area (Å²) >= 11 is 1.79. The van der Waals surface area contributed by atoms with Gasteiger partial charge in [-0.2, -0.15) is 11.8 Å². The fraction of sp³-hybridized carbons (Fsp3) is 0.500. The van der Waals surface area contributed by atoms with Crippen molar-refractivity contribution in [1.82, 2.24) is 4.90 Å². The summed E-state index contributed by atoms with van der Waals surface area (Å²) in [5.41, 5.74) is 1.84. The second kappa shape index (κ2) is 8.19. The van der Waals surface area contributed by atoms with E-state index in [-0.39, 0.29) is 6.10 Å². The van der Waals surface area contributed by atoms with Crippen molar-refractivity contribution >= 4 is 29.3 Å². The molecule has 1 heterocycles. The second-order valence-corrected chi connectivity index (χ2v) is 6.40. The van der Waals surface area contributed by atoms with Crippen LogP contribution in [0.5, 0.6) is 0 Å². The van der Waals surface area contributed by atoms with Crippen molar-refractivity contribution in [2.24, 2.45) is 0 Å². The summed E-state index contributed by atoms with van der Waals surface area (Å²) in [6.45, 7) is 0.863. The molecule has 1 fully saturated rings. The van der Waals surface area contributed by atoms with E-state index < -0.39 is 11.8 Å². The maximum absolute atomic E-state index is 12.0. The van der Waals surface area contributed by atoms with Crippen LogP contribution in [-0.2, 0) is 16.0 Å². The SMILES string of the molecule is CSCCc1ccc(NC(=O)C(=O)N2CCC(O)CC2)cc1. The Labute approximate surface area is 135 Å². The molecule has 0 aliphatic carbocycles. The molecule has 0 spiro atoms. The van der Waals surface area contributed by atoms with Crippen LogP contribution in [0.4, 0.5) is 5.69 Å². The summed E-state index contributed by atoms with van der Waals surface area (Å²) in [6, 6.07) is 7.57. The lowest BCUT2D eigenvalue weighted by Gasteiger charge is -2.28. The summed E-state index contributed by atoms with van der Waals surface area (Å²) in [7, 11) is 0. The third-order valence-corrected chi connectivity index (χ3v) is 4.36. The first kappa shape index (κ1) is 16.8. The highest BCUT2D eigenvalue weighted by Crippen LogP contribution is 2.13. The third-order valence-electron chi connectivity index (χ3n) is 3.75. The Balaban J connectivity index is 1.87. The largest absolute Gasteiger partial charge is 0.393 e. The van der Waals surface area contributed by atoms with E-state index in [2.05, 4.69) is 11.6 Å². The van der Waals surface area contributed by atoms with Crippen molar-refractivity contribution in [3.63, 3.8) is 0 Å². The first-order valence-corrected chi connectivity index (χ1v) is 8.85. The number of hydrogen-bond acceptors (Lipinski definition) is 4. The number of hydrogen-bond donors (Lipinski definition) is 2. The van der Waals surface area contributed by atoms with Crippen LogP contribution < -0.4 is 5.32 Å². The van der Waals surface area contributed by atoms with E-state index >= 15 is 0 Å². The van der Waals surface area contributed by atoms with Gasteiger partial charge in [0.15, 0.2) is 0 Å². The molecular formula is C16H22N2O3S. The molecule has 0 atom stereocenters. The summed E-state index contributed by atoms with van der Waals surface area (Å²) in [4.78, 5) is 25.5. The Morgan fingerprint density at radius 1 is 1.27 bits per heavy atom. The lowest BCUT2D eigenvalue weighted by Crippen LogP contribution is -2.45. The highest BCUT2D eigenvalue weighted by molar-refractivity contribution is 7.98. The van der Waals surface area contributed by atoms with E-state index in [0.29, 0.717) is 31.6 Å². The fourth-order valence-electron chi connectivity index (χ4n) is 2.37. The molecule has 0 saturated carbocycles. The Morgan fingerprint density at radius 3 is 2.50 bits per heavy atom. The zero-order valence-electron chi connectivity index (χ0n) is 12.7. The molecule has 2 amide bonds. The highest BCUT2D eigenvalue weighted by Gasteiger charge is 2.26. The standard InChI is InChI=1S/C16H22N2O3S/c1-22-11-8-12-2-4-13(5-3-12)17-15(20)16(21)18-9-6-14(19)7-10-18/h2-5,14,19H,6-11H2,1H3,(H,17,20). The number of aliphatic hydroxyl groups is 1. The summed E-state index contributed by atoms with van der Waals surface area (Å²) in [6.07, 6.45) is 3.76. The van der Waals surface area contributed by atoms with Crippen LogP contribution in [-0.4, -0.2) is 53.0 Å². The number of aliphatic hydroxyl groups excluding tert-OH is 1. The topological polar surface area (TPSA) is 69.6 Å². The predicted molar refractivity (Wildman–Crippen MR) is 89.0 cm³/mol. The van der Waals surface area contributed by atoms with Crippen LogP contribution in [0.25, 0.3) is 0 Å². The molecule has 2 rings (SSSR count). The normalized spacial score (nSPS) is 15.6. The van der Waals surface area contributed by atoms with Gasteiger partial charge in [-0.1, -0.05) is 12.1 Å². The molecule has 1 aromatic carbocycles. The number of likely N-dealkylation sites (tertiary alicyclic amines) is 1. The number of benzene rings is 1. The molecule has 1 saturated heterocycles. The smallest absolute Gasteiger partial charge is 0.313 e. The Kier molecular flexibility index (Phi) is 6.27. The monoisotopic (exact) mass is 322 g/mol. The third kappa shape index (κ3) is 4.74. The maximum atomic E-state index is 12.0. The van der Waals surface area contributed by atoms with Crippen LogP contribution in [0.2, 0.25) is 0 Å². The van der Waals surface area contributed by atoms with Gasteiger partial charge < -0.3 is 15.3 Å². The molecule has 6 heteroatoms. The van der Waals surface area contributed by atoms with E-state index in [9.17, 15) is 14.7 Å². The van der Waals surface area contributed by atoms with E-state index in [4.69, 9.17) is 0 Å². The van der Waals surface area contributed by atoms with Gasteiger partial charge in [-0.25, -0.2) is 0 Å². The Hall–Kier alpha value is -1.53. The zero-order valence-corrected chi connectivity index (χ0v) is 13.6. The van der Waals surface area contributed by atoms with Crippen LogP contribution in [0.15, 0.2) is 24.3 Å². The number of carbonyl (C=O) groups excluding carboxylic acids is 2. The number of anilines is 1. The Bertz CT molecular complexity index is 511. The molecular weight excluding hydrogens is 300 g/mol. The molecule has 1 aliphatic rings. The van der Waals surface area contributed by atoms with Crippen molar-refractivity contribution < 1.29 is 14.7 Å². The fourth-order valence-corrected chi connectivity index (χ4v) is 2.81. The van der Waals surface area contributed by atoms with Gasteiger partial charge in [0.2, 0.25) is 0 Å². The van der Waals surface area contributed by atoms with Crippen LogP contribution in [0.3, 0.4) is 0 Å².